The Morgan fingerprint density at radius 1 is 0.931 bits per heavy atom. The van der Waals surface area contributed by atoms with Crippen molar-refractivity contribution in [2.24, 2.45) is 5.92 Å². The minimum absolute atomic E-state index is 0.137. The molecule has 1 heterocycles. The van der Waals surface area contributed by atoms with E-state index < -0.39 is 19.9 Å². The van der Waals surface area contributed by atoms with Crippen LogP contribution in [0, 0.1) is 12.8 Å². The van der Waals surface area contributed by atoms with E-state index in [1.54, 1.807) is 0 Å². The zero-order valence-electron chi connectivity index (χ0n) is 16.3. The number of carbonyl (C=O) groups is 1. The fraction of sp³-hybridized carbons (Fsp3) is 0.350. The molecular formula is C20H24N2O5S2. The first kappa shape index (κ1) is 21.5. The highest BCUT2D eigenvalue weighted by molar-refractivity contribution is 7.93. The van der Waals surface area contributed by atoms with Crippen LogP contribution < -0.4 is 5.32 Å². The van der Waals surface area contributed by atoms with Crippen molar-refractivity contribution in [1.82, 2.24) is 4.31 Å². The van der Waals surface area contributed by atoms with Crippen LogP contribution in [-0.4, -0.2) is 46.4 Å². The lowest BCUT2D eigenvalue weighted by atomic mass is 9.97. The Balaban J connectivity index is 1.70. The van der Waals surface area contributed by atoms with Crippen LogP contribution in [0.5, 0.6) is 0 Å². The minimum atomic E-state index is -3.97. The summed E-state index contributed by atoms with van der Waals surface area (Å²) in [5.74, 6) is -0.435. The Morgan fingerprint density at radius 3 is 2.03 bits per heavy atom. The lowest BCUT2D eigenvalue weighted by Gasteiger charge is -2.31. The number of aryl methyl sites for hydroxylation is 1. The second-order valence-electron chi connectivity index (χ2n) is 7.25. The molecule has 0 radical (unpaired) electrons. The number of rotatable bonds is 5. The van der Waals surface area contributed by atoms with Gasteiger partial charge in [-0.15, -0.1) is 0 Å². The molecule has 1 aliphatic rings. The highest BCUT2D eigenvalue weighted by Crippen LogP contribution is 2.28. The van der Waals surface area contributed by atoms with Gasteiger partial charge in [-0.25, -0.2) is 16.8 Å². The summed E-state index contributed by atoms with van der Waals surface area (Å²) in [6.07, 6.45) is 1.74. The van der Waals surface area contributed by atoms with Crippen molar-refractivity contribution in [3.05, 3.63) is 54.1 Å². The first-order valence-corrected chi connectivity index (χ1v) is 12.6. The largest absolute Gasteiger partial charge is 0.326 e. The molecule has 1 saturated heterocycles. The molecule has 2 aromatic carbocycles. The first-order valence-electron chi connectivity index (χ1n) is 9.26. The van der Waals surface area contributed by atoms with E-state index in [-0.39, 0.29) is 34.7 Å². The van der Waals surface area contributed by atoms with Gasteiger partial charge in [0, 0.05) is 31.0 Å². The number of sulfone groups is 1. The van der Waals surface area contributed by atoms with Gasteiger partial charge in [-0.1, -0.05) is 29.8 Å². The Bertz CT molecular complexity index is 1100. The van der Waals surface area contributed by atoms with Gasteiger partial charge < -0.3 is 5.32 Å². The molecule has 1 aliphatic heterocycles. The van der Waals surface area contributed by atoms with Crippen LogP contribution in [0.4, 0.5) is 5.69 Å². The number of nitrogens with one attached hydrogen (secondary N) is 1. The highest BCUT2D eigenvalue weighted by atomic mass is 32.2. The molecule has 0 aliphatic carbocycles. The van der Waals surface area contributed by atoms with Crippen molar-refractivity contribution in [1.29, 1.82) is 0 Å². The monoisotopic (exact) mass is 436 g/mol. The van der Waals surface area contributed by atoms with Crippen LogP contribution in [0.2, 0.25) is 0 Å². The van der Waals surface area contributed by atoms with Crippen molar-refractivity contribution < 1.29 is 21.6 Å². The highest BCUT2D eigenvalue weighted by Gasteiger charge is 2.34. The van der Waals surface area contributed by atoms with Crippen LogP contribution in [0.1, 0.15) is 18.4 Å². The van der Waals surface area contributed by atoms with Gasteiger partial charge in [-0.3, -0.25) is 4.79 Å². The zero-order chi connectivity index (χ0) is 21.2. The summed E-state index contributed by atoms with van der Waals surface area (Å²) in [5.41, 5.74) is 1.80. The minimum Gasteiger partial charge on any atom is -0.326 e. The number of amides is 1. The Hall–Kier alpha value is -2.23. The molecule has 0 atom stereocenters. The van der Waals surface area contributed by atoms with Gasteiger partial charge in [-0.05, 0) is 44.0 Å². The van der Waals surface area contributed by atoms with Gasteiger partial charge in [0.2, 0.25) is 15.9 Å². The fourth-order valence-corrected chi connectivity index (χ4v) is 6.42. The standard InChI is InChI=1S/C20H24N2O5S2/c1-15-7-9-17(10-8-15)21-20(23)16-11-13-22(14-12-16)29(26,27)19-6-4-3-5-18(19)28(2,24)25/h3-10,16H,11-14H2,1-2H3,(H,21,23). The molecular weight excluding hydrogens is 412 g/mol. The van der Waals surface area contributed by atoms with E-state index in [0.29, 0.717) is 18.5 Å². The molecule has 1 N–H and O–H groups in total. The summed E-state index contributed by atoms with van der Waals surface area (Å²) < 4.78 is 51.3. The van der Waals surface area contributed by atoms with Gasteiger partial charge in [-0.2, -0.15) is 4.31 Å². The zero-order valence-corrected chi connectivity index (χ0v) is 18.0. The molecule has 9 heteroatoms. The number of hydrogen-bond donors (Lipinski definition) is 1. The van der Waals surface area contributed by atoms with Crippen LogP contribution in [0.3, 0.4) is 0 Å². The average molecular weight is 437 g/mol. The van der Waals surface area contributed by atoms with Crippen LogP contribution >= 0.6 is 0 Å². The number of piperidine rings is 1. The molecule has 29 heavy (non-hydrogen) atoms. The van der Waals surface area contributed by atoms with Crippen LogP contribution in [0.15, 0.2) is 58.3 Å². The number of nitrogens with zero attached hydrogens (tertiary/aromatic N) is 1. The molecule has 0 bridgehead atoms. The summed E-state index contributed by atoms with van der Waals surface area (Å²) in [6.45, 7) is 2.28. The number of hydrogen-bond acceptors (Lipinski definition) is 5. The molecule has 0 saturated carbocycles. The summed E-state index contributed by atoms with van der Waals surface area (Å²) in [7, 11) is -7.65. The summed E-state index contributed by atoms with van der Waals surface area (Å²) in [6, 6.07) is 13.1. The molecule has 2 aromatic rings. The maximum absolute atomic E-state index is 13.0. The van der Waals surface area contributed by atoms with Crippen molar-refractivity contribution in [2.75, 3.05) is 24.7 Å². The van der Waals surface area contributed by atoms with Crippen molar-refractivity contribution >= 4 is 31.5 Å². The molecule has 0 aromatic heterocycles. The molecule has 156 valence electrons. The Labute approximate surface area is 171 Å². The van der Waals surface area contributed by atoms with E-state index in [0.717, 1.165) is 11.8 Å². The SMILES string of the molecule is Cc1ccc(NC(=O)C2CCN(S(=O)(=O)c3ccccc3S(C)(=O)=O)CC2)cc1. The van der Waals surface area contributed by atoms with Crippen molar-refractivity contribution in [3.8, 4) is 0 Å². The van der Waals surface area contributed by atoms with E-state index in [1.165, 1.54) is 28.6 Å². The molecule has 3 rings (SSSR count). The van der Waals surface area contributed by atoms with E-state index in [9.17, 15) is 21.6 Å². The molecule has 1 fully saturated rings. The van der Waals surface area contributed by atoms with E-state index in [1.807, 2.05) is 31.2 Å². The second-order valence-corrected chi connectivity index (χ2v) is 11.1. The second kappa shape index (κ2) is 8.25. The number of benzene rings is 2. The van der Waals surface area contributed by atoms with E-state index in [2.05, 4.69) is 5.32 Å². The third kappa shape index (κ3) is 4.85. The molecule has 0 spiro atoms. The topological polar surface area (TPSA) is 101 Å². The van der Waals surface area contributed by atoms with Gasteiger partial charge in [0.1, 0.15) is 4.90 Å². The predicted molar refractivity (Wildman–Crippen MR) is 111 cm³/mol. The van der Waals surface area contributed by atoms with Gasteiger partial charge in [0.25, 0.3) is 0 Å². The fourth-order valence-electron chi connectivity index (χ4n) is 3.35. The normalized spacial score (nSPS) is 16.5. The van der Waals surface area contributed by atoms with Gasteiger partial charge in [0.15, 0.2) is 9.84 Å². The predicted octanol–water partition coefficient (Wildman–Crippen LogP) is 2.44. The molecule has 7 nitrogen and oxygen atoms in total. The van der Waals surface area contributed by atoms with Crippen LogP contribution in [-0.2, 0) is 24.7 Å². The Kier molecular flexibility index (Phi) is 6.11. The Morgan fingerprint density at radius 2 is 1.48 bits per heavy atom. The lowest BCUT2D eigenvalue weighted by molar-refractivity contribution is -0.120. The van der Waals surface area contributed by atoms with Crippen molar-refractivity contribution in [2.45, 2.75) is 29.6 Å². The van der Waals surface area contributed by atoms with Crippen LogP contribution in [0.25, 0.3) is 0 Å². The van der Waals surface area contributed by atoms with E-state index >= 15 is 0 Å². The third-order valence-electron chi connectivity index (χ3n) is 5.01. The summed E-state index contributed by atoms with van der Waals surface area (Å²) in [5, 5.41) is 2.87. The number of anilines is 1. The van der Waals surface area contributed by atoms with E-state index in [4.69, 9.17) is 0 Å². The number of carbonyl (C=O) groups excluding carboxylic acids is 1. The quantitative estimate of drug-likeness (QED) is 0.776. The maximum Gasteiger partial charge on any atom is 0.244 e. The third-order valence-corrected chi connectivity index (χ3v) is 8.25. The van der Waals surface area contributed by atoms with Crippen molar-refractivity contribution in [3.63, 3.8) is 0 Å². The molecule has 1 amide bonds. The van der Waals surface area contributed by atoms with Gasteiger partial charge >= 0.3 is 0 Å². The van der Waals surface area contributed by atoms with Gasteiger partial charge in [0.05, 0.1) is 4.90 Å². The molecule has 0 unspecified atom stereocenters. The first-order chi connectivity index (χ1) is 13.6. The summed E-state index contributed by atoms with van der Waals surface area (Å²) in [4.78, 5) is 12.1. The lowest BCUT2D eigenvalue weighted by Crippen LogP contribution is -2.41. The maximum atomic E-state index is 13.0. The summed E-state index contributed by atoms with van der Waals surface area (Å²) >= 11 is 0. The number of sulfonamides is 1. The average Bonchev–Trinajstić information content (AvgIpc) is 2.69. The smallest absolute Gasteiger partial charge is 0.244 e.